The lowest BCUT2D eigenvalue weighted by atomic mass is 10.1. The highest BCUT2D eigenvalue weighted by atomic mass is 32.5. The molecule has 0 aromatic heterocycles. The van der Waals surface area contributed by atoms with Gasteiger partial charge < -0.3 is 20.1 Å². The van der Waals surface area contributed by atoms with E-state index in [0.29, 0.717) is 32.5 Å². The van der Waals surface area contributed by atoms with Crippen molar-refractivity contribution in [3.05, 3.63) is 0 Å². The lowest BCUT2D eigenvalue weighted by molar-refractivity contribution is -0.122. The first-order chi connectivity index (χ1) is 12.3. The van der Waals surface area contributed by atoms with Crippen molar-refractivity contribution in [2.45, 2.75) is 57.8 Å². The Kier molecular flexibility index (Phi) is 16.9. The third-order valence-corrected chi connectivity index (χ3v) is 5.25. The van der Waals surface area contributed by atoms with E-state index in [1.165, 1.54) is 0 Å². The topological polar surface area (TPSA) is 87.7 Å². The molecule has 0 heterocycles. The Morgan fingerprint density at radius 1 is 0.962 bits per heavy atom. The predicted octanol–water partition coefficient (Wildman–Crippen LogP) is 3.04. The van der Waals surface area contributed by atoms with E-state index in [1.807, 2.05) is 6.26 Å². The SMILES string of the molecule is CSCCC(=O)NCCCCCC(=O)NCCCCCCOP(C)(O)=S. The molecule has 154 valence electrons. The molecule has 0 saturated carbocycles. The van der Waals surface area contributed by atoms with Gasteiger partial charge in [-0.05, 0) is 43.7 Å². The minimum atomic E-state index is -2.51. The zero-order valence-corrected chi connectivity index (χ0v) is 18.7. The van der Waals surface area contributed by atoms with Crippen LogP contribution >= 0.6 is 18.3 Å². The van der Waals surface area contributed by atoms with Crippen LogP contribution in [0.5, 0.6) is 0 Å². The van der Waals surface area contributed by atoms with Gasteiger partial charge in [-0.3, -0.25) is 9.59 Å². The molecule has 0 aromatic rings. The van der Waals surface area contributed by atoms with Gasteiger partial charge in [0.15, 0.2) is 6.49 Å². The molecule has 3 N–H and O–H groups in total. The smallest absolute Gasteiger partial charge is 0.220 e. The fraction of sp³-hybridized carbons (Fsp3) is 0.882. The van der Waals surface area contributed by atoms with E-state index in [-0.39, 0.29) is 11.8 Å². The van der Waals surface area contributed by atoms with Gasteiger partial charge in [0.25, 0.3) is 0 Å². The molecule has 0 aliphatic carbocycles. The van der Waals surface area contributed by atoms with E-state index in [2.05, 4.69) is 10.6 Å². The third-order valence-electron chi connectivity index (χ3n) is 3.66. The van der Waals surface area contributed by atoms with E-state index >= 15 is 0 Å². The van der Waals surface area contributed by atoms with E-state index in [9.17, 15) is 14.5 Å². The minimum absolute atomic E-state index is 0.101. The first-order valence-electron chi connectivity index (χ1n) is 9.32. The number of rotatable bonds is 17. The molecule has 0 spiro atoms. The quantitative estimate of drug-likeness (QED) is 0.245. The van der Waals surface area contributed by atoms with E-state index in [4.69, 9.17) is 16.3 Å². The molecule has 1 unspecified atom stereocenters. The number of nitrogens with one attached hydrogen (secondary N) is 2. The van der Waals surface area contributed by atoms with Gasteiger partial charge in [-0.1, -0.05) is 19.3 Å². The average Bonchev–Trinajstić information content (AvgIpc) is 2.57. The Hall–Kier alpha value is -0.140. The van der Waals surface area contributed by atoms with Gasteiger partial charge >= 0.3 is 0 Å². The number of unbranched alkanes of at least 4 members (excludes halogenated alkanes) is 5. The summed E-state index contributed by atoms with van der Waals surface area (Å²) in [6, 6.07) is 0. The molecule has 9 heteroatoms. The number of thioether (sulfide) groups is 1. The summed E-state index contributed by atoms with van der Waals surface area (Å²) < 4.78 is 5.16. The summed E-state index contributed by atoms with van der Waals surface area (Å²) in [5, 5.41) is 5.83. The Labute approximate surface area is 167 Å². The molecule has 0 fully saturated rings. The zero-order chi connectivity index (χ0) is 19.7. The summed E-state index contributed by atoms with van der Waals surface area (Å²) in [5.41, 5.74) is 0. The summed E-state index contributed by atoms with van der Waals surface area (Å²) in [7, 11) is 0. The molecule has 0 saturated heterocycles. The third kappa shape index (κ3) is 20.2. The van der Waals surface area contributed by atoms with Crippen molar-refractivity contribution in [2.24, 2.45) is 0 Å². The maximum absolute atomic E-state index is 11.7. The molecule has 6 nitrogen and oxygen atoms in total. The van der Waals surface area contributed by atoms with Gasteiger partial charge in [0.1, 0.15) is 0 Å². The molecular weight excluding hydrogens is 391 g/mol. The van der Waals surface area contributed by atoms with Crippen molar-refractivity contribution in [3.63, 3.8) is 0 Å². The minimum Gasteiger partial charge on any atom is -0.356 e. The number of hydrogen-bond acceptors (Lipinski definition) is 5. The van der Waals surface area contributed by atoms with Crippen LogP contribution in [0.3, 0.4) is 0 Å². The molecule has 0 aromatic carbocycles. The fourth-order valence-electron chi connectivity index (χ4n) is 2.23. The second-order valence-electron chi connectivity index (χ2n) is 6.30. The maximum atomic E-state index is 11.7. The van der Waals surface area contributed by atoms with Crippen LogP contribution in [0.15, 0.2) is 0 Å². The summed E-state index contributed by atoms with van der Waals surface area (Å²) in [5.74, 6) is 1.07. The molecule has 0 bridgehead atoms. The number of amides is 2. The van der Waals surface area contributed by atoms with Crippen LogP contribution in [-0.2, 0) is 25.9 Å². The number of carbonyl (C=O) groups is 2. The molecule has 0 aliphatic rings. The first-order valence-corrected chi connectivity index (χ1v) is 13.8. The maximum Gasteiger partial charge on any atom is 0.220 e. The van der Waals surface area contributed by atoms with Crippen LogP contribution in [0.2, 0.25) is 0 Å². The Morgan fingerprint density at radius 2 is 1.50 bits per heavy atom. The molecule has 26 heavy (non-hydrogen) atoms. The van der Waals surface area contributed by atoms with Crippen molar-refractivity contribution < 1.29 is 19.0 Å². The van der Waals surface area contributed by atoms with Crippen LogP contribution in [0.4, 0.5) is 0 Å². The Bertz CT molecular complexity index is 433. The Morgan fingerprint density at radius 3 is 2.08 bits per heavy atom. The van der Waals surface area contributed by atoms with Gasteiger partial charge in [-0.25, -0.2) is 0 Å². The largest absolute Gasteiger partial charge is 0.356 e. The second kappa shape index (κ2) is 17.0. The average molecular weight is 427 g/mol. The van der Waals surface area contributed by atoms with Crippen LogP contribution in [-0.4, -0.2) is 55.1 Å². The number of hydrogen-bond donors (Lipinski definition) is 3. The highest BCUT2D eigenvalue weighted by Crippen LogP contribution is 2.37. The van der Waals surface area contributed by atoms with Crippen LogP contribution < -0.4 is 10.6 Å². The van der Waals surface area contributed by atoms with Crippen molar-refractivity contribution in [1.29, 1.82) is 0 Å². The van der Waals surface area contributed by atoms with Gasteiger partial charge in [-0.2, -0.15) is 11.8 Å². The molecule has 0 rings (SSSR count). The van der Waals surface area contributed by atoms with Crippen molar-refractivity contribution in [3.8, 4) is 0 Å². The van der Waals surface area contributed by atoms with Crippen LogP contribution in [0.25, 0.3) is 0 Å². The van der Waals surface area contributed by atoms with Gasteiger partial charge in [0.2, 0.25) is 11.8 Å². The molecular formula is C17H35N2O4PS2. The summed E-state index contributed by atoms with van der Waals surface area (Å²) in [6.07, 6.45) is 9.70. The fourth-order valence-corrected chi connectivity index (χ4v) is 3.31. The summed E-state index contributed by atoms with van der Waals surface area (Å²) >= 11 is 6.47. The van der Waals surface area contributed by atoms with Gasteiger partial charge in [0.05, 0.1) is 6.61 Å². The lowest BCUT2D eigenvalue weighted by Crippen LogP contribution is -2.25. The van der Waals surface area contributed by atoms with E-state index < -0.39 is 6.49 Å². The normalized spacial score (nSPS) is 13.2. The highest BCUT2D eigenvalue weighted by Gasteiger charge is 2.04. The van der Waals surface area contributed by atoms with E-state index in [0.717, 1.165) is 50.7 Å². The standard InChI is InChI=1S/C17H35N2O4PS2/c1-24(22,25)23-14-9-4-3-7-12-18-16(20)10-6-5-8-13-19-17(21)11-15-26-2/h3-15H2,1-2H3,(H,18,20)(H,19,21)(H,22,25). The zero-order valence-electron chi connectivity index (χ0n) is 16.1. The lowest BCUT2D eigenvalue weighted by Gasteiger charge is -2.09. The second-order valence-corrected chi connectivity index (χ2v) is 11.2. The van der Waals surface area contributed by atoms with Crippen molar-refractivity contribution >= 4 is 41.9 Å². The predicted molar refractivity (Wildman–Crippen MR) is 114 cm³/mol. The van der Waals surface area contributed by atoms with Gasteiger partial charge in [0, 0.05) is 38.3 Å². The molecule has 0 aliphatic heterocycles. The summed E-state index contributed by atoms with van der Waals surface area (Å²) in [4.78, 5) is 32.4. The van der Waals surface area contributed by atoms with Crippen molar-refractivity contribution in [2.75, 3.05) is 38.4 Å². The highest BCUT2D eigenvalue weighted by molar-refractivity contribution is 8.09. The van der Waals surface area contributed by atoms with E-state index in [1.54, 1.807) is 18.4 Å². The first kappa shape index (κ1) is 25.9. The molecule has 1 atom stereocenters. The molecule has 2 amide bonds. The van der Waals surface area contributed by atoms with Crippen molar-refractivity contribution in [1.82, 2.24) is 10.6 Å². The Balaban J connectivity index is 3.32. The van der Waals surface area contributed by atoms with Crippen LogP contribution in [0.1, 0.15) is 57.8 Å². The number of carbonyl (C=O) groups excluding carboxylic acids is 2. The monoisotopic (exact) mass is 426 g/mol. The van der Waals surface area contributed by atoms with Crippen LogP contribution in [0, 0.1) is 0 Å². The molecule has 0 radical (unpaired) electrons. The van der Waals surface area contributed by atoms with Gasteiger partial charge in [-0.15, -0.1) is 0 Å². The summed E-state index contributed by atoms with van der Waals surface area (Å²) in [6.45, 7) is 0.953.